The van der Waals surface area contributed by atoms with Gasteiger partial charge in [-0.15, -0.1) is 0 Å². The molecule has 0 spiro atoms. The van der Waals surface area contributed by atoms with E-state index in [2.05, 4.69) is 0 Å². The van der Waals surface area contributed by atoms with Crippen LogP contribution in [-0.4, -0.2) is 7.11 Å². The first-order valence-corrected chi connectivity index (χ1v) is 4.39. The Balaban J connectivity index is 2.74. The van der Waals surface area contributed by atoms with Gasteiger partial charge in [-0.25, -0.2) is 0 Å². The van der Waals surface area contributed by atoms with Crippen LogP contribution < -0.4 is 9.47 Å². The molecule has 0 N–H and O–H groups in total. The smallest absolute Gasteiger partial charge is 0.224 e. The highest BCUT2D eigenvalue weighted by Crippen LogP contribution is 2.18. The molecule has 0 aliphatic carbocycles. The molecule has 3 heteroatoms. The van der Waals surface area contributed by atoms with Crippen LogP contribution in [0.3, 0.4) is 0 Å². The highest BCUT2D eigenvalue weighted by molar-refractivity contribution is 5.77. The molecule has 0 radical (unpaired) electrons. The average molecular weight is 189 g/mol. The summed E-state index contributed by atoms with van der Waals surface area (Å²) in [6.07, 6.45) is 0. The summed E-state index contributed by atoms with van der Waals surface area (Å²) in [6.45, 7) is 1.79. The molecule has 0 unspecified atom stereocenters. The number of methoxy groups -OCH3 is 1. The molecule has 1 aromatic carbocycles. The van der Waals surface area contributed by atoms with Gasteiger partial charge in [0.15, 0.2) is 5.69 Å². The van der Waals surface area contributed by atoms with Crippen molar-refractivity contribution in [1.82, 2.24) is 0 Å². The van der Waals surface area contributed by atoms with Gasteiger partial charge in [-0.2, -0.15) is 4.73 Å². The number of aryl methyl sites for hydroxylation is 1. The molecule has 14 heavy (non-hydrogen) atoms. The molecular formula is C11H11NO2. The Morgan fingerprint density at radius 3 is 2.71 bits per heavy atom. The Kier molecular flexibility index (Phi) is 2.00. The second-order valence-corrected chi connectivity index (χ2v) is 3.19. The maximum atomic E-state index is 11.6. The molecule has 0 aliphatic heterocycles. The van der Waals surface area contributed by atoms with E-state index < -0.39 is 0 Å². The Morgan fingerprint density at radius 1 is 1.21 bits per heavy atom. The van der Waals surface area contributed by atoms with E-state index in [1.807, 2.05) is 12.1 Å². The third kappa shape index (κ3) is 1.27. The fourth-order valence-electron chi connectivity index (χ4n) is 1.45. The number of pyridine rings is 1. The van der Waals surface area contributed by atoms with E-state index in [0.717, 1.165) is 15.9 Å². The van der Waals surface area contributed by atoms with Crippen molar-refractivity contribution < 1.29 is 9.47 Å². The van der Waals surface area contributed by atoms with E-state index >= 15 is 0 Å². The molecule has 0 aliphatic rings. The van der Waals surface area contributed by atoms with Crippen LogP contribution in [0.4, 0.5) is 0 Å². The summed E-state index contributed by atoms with van der Waals surface area (Å²) < 4.78 is 6.01. The molecule has 72 valence electrons. The van der Waals surface area contributed by atoms with Gasteiger partial charge in [-0.3, -0.25) is 0 Å². The van der Waals surface area contributed by atoms with Crippen LogP contribution in [0.25, 0.3) is 10.9 Å². The molecule has 2 aromatic rings. The normalized spacial score (nSPS) is 10.4. The van der Waals surface area contributed by atoms with Gasteiger partial charge in [0.2, 0.25) is 5.52 Å². The SMILES string of the molecule is COc1ccc2c(ccc(C)[n+]2[O-])c1. The number of aromatic nitrogens is 1. The average Bonchev–Trinajstić information content (AvgIpc) is 2.23. The molecule has 2 rings (SSSR count). The third-order valence-electron chi connectivity index (χ3n) is 2.28. The van der Waals surface area contributed by atoms with E-state index in [4.69, 9.17) is 4.74 Å². The van der Waals surface area contributed by atoms with Crippen molar-refractivity contribution >= 4 is 10.9 Å². The molecule has 1 heterocycles. The molecule has 0 fully saturated rings. The Morgan fingerprint density at radius 2 is 2.00 bits per heavy atom. The lowest BCUT2D eigenvalue weighted by molar-refractivity contribution is -0.584. The minimum absolute atomic E-state index is 0.672. The van der Waals surface area contributed by atoms with E-state index in [0.29, 0.717) is 11.2 Å². The van der Waals surface area contributed by atoms with Crippen molar-refractivity contribution in [3.63, 3.8) is 0 Å². The fraction of sp³-hybridized carbons (Fsp3) is 0.182. The number of hydrogen-bond donors (Lipinski definition) is 0. The summed E-state index contributed by atoms with van der Waals surface area (Å²) >= 11 is 0. The standard InChI is InChI=1S/C11H11NO2/c1-8-3-4-9-7-10(14-2)5-6-11(9)12(8)13/h3-7H,1-2H3. The van der Waals surface area contributed by atoms with Gasteiger partial charge in [0, 0.05) is 19.1 Å². The maximum absolute atomic E-state index is 11.6. The van der Waals surface area contributed by atoms with E-state index in [9.17, 15) is 5.21 Å². The van der Waals surface area contributed by atoms with Crippen LogP contribution in [-0.2, 0) is 0 Å². The maximum Gasteiger partial charge on any atom is 0.224 e. The highest BCUT2D eigenvalue weighted by atomic mass is 16.5. The summed E-state index contributed by atoms with van der Waals surface area (Å²) in [5.41, 5.74) is 1.37. The van der Waals surface area contributed by atoms with Gasteiger partial charge < -0.3 is 9.94 Å². The van der Waals surface area contributed by atoms with E-state index in [1.165, 1.54) is 0 Å². The second-order valence-electron chi connectivity index (χ2n) is 3.19. The summed E-state index contributed by atoms with van der Waals surface area (Å²) in [5, 5.41) is 12.5. The lowest BCUT2D eigenvalue weighted by Gasteiger charge is -2.05. The summed E-state index contributed by atoms with van der Waals surface area (Å²) in [5.74, 6) is 0.765. The zero-order chi connectivity index (χ0) is 10.1. The summed E-state index contributed by atoms with van der Waals surface area (Å²) in [7, 11) is 1.61. The van der Waals surface area contributed by atoms with Gasteiger partial charge >= 0.3 is 0 Å². The first-order chi connectivity index (χ1) is 6.72. The number of ether oxygens (including phenoxy) is 1. The van der Waals surface area contributed by atoms with Gasteiger partial charge in [0.25, 0.3) is 0 Å². The van der Waals surface area contributed by atoms with E-state index in [-0.39, 0.29) is 0 Å². The first kappa shape index (κ1) is 8.81. The van der Waals surface area contributed by atoms with Crippen LogP contribution in [0.2, 0.25) is 0 Å². The quantitative estimate of drug-likeness (QED) is 0.506. The predicted molar refractivity (Wildman–Crippen MR) is 54.2 cm³/mol. The number of benzene rings is 1. The van der Waals surface area contributed by atoms with Gasteiger partial charge in [-0.05, 0) is 18.2 Å². The zero-order valence-electron chi connectivity index (χ0n) is 8.15. The highest BCUT2D eigenvalue weighted by Gasteiger charge is 2.06. The monoisotopic (exact) mass is 189 g/mol. The van der Waals surface area contributed by atoms with Crippen LogP contribution >= 0.6 is 0 Å². The molecule has 0 bridgehead atoms. The fourth-order valence-corrected chi connectivity index (χ4v) is 1.45. The summed E-state index contributed by atoms with van der Waals surface area (Å²) in [6, 6.07) is 9.13. The largest absolute Gasteiger partial charge is 0.618 e. The van der Waals surface area contributed by atoms with Crippen molar-refractivity contribution in [2.45, 2.75) is 6.92 Å². The first-order valence-electron chi connectivity index (χ1n) is 4.39. The molecule has 0 amide bonds. The molecule has 0 saturated heterocycles. The molecule has 3 nitrogen and oxygen atoms in total. The molecule has 1 aromatic heterocycles. The minimum Gasteiger partial charge on any atom is -0.618 e. The third-order valence-corrected chi connectivity index (χ3v) is 2.28. The minimum atomic E-state index is 0.672. The van der Waals surface area contributed by atoms with Crippen LogP contribution in [0.15, 0.2) is 30.3 Å². The number of hydrogen-bond acceptors (Lipinski definition) is 2. The lowest BCUT2D eigenvalue weighted by Crippen LogP contribution is -2.30. The van der Waals surface area contributed by atoms with Crippen LogP contribution in [0.1, 0.15) is 5.69 Å². The Bertz CT molecular complexity index is 480. The Hall–Kier alpha value is -1.77. The van der Waals surface area contributed by atoms with Crippen LogP contribution in [0.5, 0.6) is 5.75 Å². The molecule has 0 saturated carbocycles. The van der Waals surface area contributed by atoms with Crippen molar-refractivity contribution in [1.29, 1.82) is 0 Å². The van der Waals surface area contributed by atoms with Gasteiger partial charge in [0.1, 0.15) is 5.75 Å². The predicted octanol–water partition coefficient (Wildman–Crippen LogP) is 1.79. The zero-order valence-corrected chi connectivity index (χ0v) is 8.15. The van der Waals surface area contributed by atoms with Gasteiger partial charge in [-0.1, -0.05) is 0 Å². The second kappa shape index (κ2) is 3.18. The number of nitrogens with zero attached hydrogens (tertiary/aromatic N) is 1. The van der Waals surface area contributed by atoms with Crippen molar-refractivity contribution in [2.24, 2.45) is 0 Å². The molecule has 0 atom stereocenters. The topological polar surface area (TPSA) is 36.2 Å². The Labute approximate surface area is 82.1 Å². The van der Waals surface area contributed by atoms with Crippen molar-refractivity contribution in [3.8, 4) is 5.75 Å². The number of rotatable bonds is 1. The van der Waals surface area contributed by atoms with Crippen LogP contribution in [0, 0.1) is 12.1 Å². The number of fused-ring (bicyclic) bond motifs is 1. The summed E-state index contributed by atoms with van der Waals surface area (Å²) in [4.78, 5) is 0. The van der Waals surface area contributed by atoms with Crippen molar-refractivity contribution in [2.75, 3.05) is 7.11 Å². The van der Waals surface area contributed by atoms with Gasteiger partial charge in [0.05, 0.1) is 12.5 Å². The molecular weight excluding hydrogens is 178 g/mol. The van der Waals surface area contributed by atoms with Crippen molar-refractivity contribution in [3.05, 3.63) is 41.2 Å². The van der Waals surface area contributed by atoms with E-state index in [1.54, 1.807) is 32.2 Å². The lowest BCUT2D eigenvalue weighted by atomic mass is 10.2.